The second-order valence-electron chi connectivity index (χ2n) is 4.51. The van der Waals surface area contributed by atoms with Crippen molar-refractivity contribution < 1.29 is 14.6 Å². The van der Waals surface area contributed by atoms with Crippen LogP contribution in [-0.2, 0) is 4.74 Å². The second-order valence-corrected chi connectivity index (χ2v) is 4.51. The normalized spacial score (nSPS) is 20.5. The number of nitrogens with zero attached hydrogens (tertiary/aromatic N) is 3. The van der Waals surface area contributed by atoms with Gasteiger partial charge in [0.25, 0.3) is 5.91 Å². The van der Waals surface area contributed by atoms with Crippen LogP contribution in [0.25, 0.3) is 10.9 Å². The highest BCUT2D eigenvalue weighted by Crippen LogP contribution is 2.12. The third-order valence-corrected chi connectivity index (χ3v) is 3.08. The van der Waals surface area contributed by atoms with Gasteiger partial charge in [0.2, 0.25) is 0 Å². The molecule has 100 valence electrons. The Kier molecular flexibility index (Phi) is 3.14. The van der Waals surface area contributed by atoms with Gasteiger partial charge in [0.05, 0.1) is 31.0 Å². The Morgan fingerprint density at radius 1 is 1.53 bits per heavy atom. The van der Waals surface area contributed by atoms with Gasteiger partial charge in [-0.2, -0.15) is 5.10 Å². The van der Waals surface area contributed by atoms with E-state index in [0.29, 0.717) is 18.8 Å². The highest BCUT2D eigenvalue weighted by Gasteiger charge is 2.23. The average Bonchev–Trinajstić information content (AvgIpc) is 2.78. The van der Waals surface area contributed by atoms with E-state index >= 15 is 0 Å². The Hall–Kier alpha value is -1.99. The van der Waals surface area contributed by atoms with Gasteiger partial charge in [-0.15, -0.1) is 0 Å². The largest absolute Gasteiger partial charge is 0.389 e. The molecule has 1 atom stereocenters. The monoisotopic (exact) mass is 262 g/mol. The summed E-state index contributed by atoms with van der Waals surface area (Å²) in [6, 6.07) is 1.67. The van der Waals surface area contributed by atoms with Gasteiger partial charge >= 0.3 is 0 Å². The maximum absolute atomic E-state index is 12.3. The first kappa shape index (κ1) is 12.1. The quantitative estimate of drug-likeness (QED) is 0.742. The maximum atomic E-state index is 12.3. The molecule has 0 radical (unpaired) electrons. The number of amides is 1. The van der Waals surface area contributed by atoms with Crippen molar-refractivity contribution in [2.45, 2.75) is 6.10 Å². The molecular formula is C12H14N4O3. The number of rotatable bonds is 1. The third kappa shape index (κ3) is 2.42. The number of pyridine rings is 1. The molecule has 7 heteroatoms. The molecule has 1 amide bonds. The molecule has 1 fully saturated rings. The van der Waals surface area contributed by atoms with Crippen LogP contribution in [0, 0.1) is 0 Å². The van der Waals surface area contributed by atoms with Crippen LogP contribution in [0.1, 0.15) is 10.5 Å². The molecule has 0 aliphatic carbocycles. The summed E-state index contributed by atoms with van der Waals surface area (Å²) >= 11 is 0. The molecule has 0 bridgehead atoms. The average molecular weight is 262 g/mol. The van der Waals surface area contributed by atoms with Crippen LogP contribution >= 0.6 is 0 Å². The van der Waals surface area contributed by atoms with E-state index in [9.17, 15) is 9.90 Å². The van der Waals surface area contributed by atoms with Crippen LogP contribution in [-0.4, -0.2) is 63.5 Å². The van der Waals surface area contributed by atoms with Crippen molar-refractivity contribution >= 4 is 16.8 Å². The number of aromatic amines is 1. The number of aromatic nitrogens is 3. The Labute approximate surface area is 109 Å². The summed E-state index contributed by atoms with van der Waals surface area (Å²) in [4.78, 5) is 18.0. The minimum Gasteiger partial charge on any atom is -0.389 e. The number of ether oxygens (including phenoxy) is 1. The predicted molar refractivity (Wildman–Crippen MR) is 66.6 cm³/mol. The maximum Gasteiger partial charge on any atom is 0.272 e. The van der Waals surface area contributed by atoms with Gasteiger partial charge in [0, 0.05) is 24.7 Å². The smallest absolute Gasteiger partial charge is 0.272 e. The summed E-state index contributed by atoms with van der Waals surface area (Å²) in [6.45, 7) is 1.41. The minimum atomic E-state index is -0.651. The summed E-state index contributed by atoms with van der Waals surface area (Å²) in [7, 11) is 0. The van der Waals surface area contributed by atoms with E-state index in [0.717, 1.165) is 10.9 Å². The minimum absolute atomic E-state index is 0.207. The SMILES string of the molecule is O=C(c1cc2[nH]ncc2cn1)N1CCOCC(O)C1. The lowest BCUT2D eigenvalue weighted by molar-refractivity contribution is 0.0533. The van der Waals surface area contributed by atoms with Crippen LogP contribution in [0.3, 0.4) is 0 Å². The van der Waals surface area contributed by atoms with Crippen LogP contribution in [0.15, 0.2) is 18.5 Å². The molecule has 1 aliphatic heterocycles. The molecule has 0 aromatic carbocycles. The van der Waals surface area contributed by atoms with E-state index in [2.05, 4.69) is 15.2 Å². The van der Waals surface area contributed by atoms with Gasteiger partial charge in [-0.1, -0.05) is 0 Å². The lowest BCUT2D eigenvalue weighted by atomic mass is 10.2. The Bertz CT molecular complexity index is 597. The number of hydrogen-bond acceptors (Lipinski definition) is 5. The number of fused-ring (bicyclic) bond motifs is 1. The van der Waals surface area contributed by atoms with Crippen molar-refractivity contribution in [1.29, 1.82) is 0 Å². The van der Waals surface area contributed by atoms with E-state index in [1.54, 1.807) is 23.4 Å². The number of carbonyl (C=O) groups is 1. The van der Waals surface area contributed by atoms with Gasteiger partial charge in [-0.05, 0) is 6.07 Å². The predicted octanol–water partition coefficient (Wildman–Crippen LogP) is -0.209. The molecule has 1 unspecified atom stereocenters. The molecule has 19 heavy (non-hydrogen) atoms. The number of nitrogens with one attached hydrogen (secondary N) is 1. The van der Waals surface area contributed by atoms with Gasteiger partial charge in [-0.3, -0.25) is 14.9 Å². The Morgan fingerprint density at radius 2 is 2.42 bits per heavy atom. The van der Waals surface area contributed by atoms with E-state index in [1.165, 1.54) is 0 Å². The molecule has 0 spiro atoms. The number of H-pyrrole nitrogens is 1. The molecule has 2 N–H and O–H groups in total. The van der Waals surface area contributed by atoms with Crippen molar-refractivity contribution in [3.8, 4) is 0 Å². The first-order chi connectivity index (χ1) is 9.24. The topological polar surface area (TPSA) is 91.3 Å². The van der Waals surface area contributed by atoms with Gasteiger partial charge in [-0.25, -0.2) is 0 Å². The summed E-state index contributed by atoms with van der Waals surface area (Å²) in [5, 5.41) is 17.2. The summed E-state index contributed by atoms with van der Waals surface area (Å²) in [5.74, 6) is -0.207. The standard InChI is InChI=1S/C12H14N4O3/c17-9-6-16(1-2-19-7-9)12(18)11-3-10-8(4-13-11)5-14-15-10/h3-5,9,17H,1-2,6-7H2,(H,14,15). The molecule has 1 aliphatic rings. The van der Waals surface area contributed by atoms with E-state index < -0.39 is 6.10 Å². The zero-order valence-corrected chi connectivity index (χ0v) is 10.2. The van der Waals surface area contributed by atoms with Crippen LogP contribution in [0.2, 0.25) is 0 Å². The fraction of sp³-hybridized carbons (Fsp3) is 0.417. The third-order valence-electron chi connectivity index (χ3n) is 3.08. The lowest BCUT2D eigenvalue weighted by Crippen LogP contribution is -2.38. The van der Waals surface area contributed by atoms with Crippen LogP contribution in [0.4, 0.5) is 0 Å². The first-order valence-corrected chi connectivity index (χ1v) is 6.08. The molecule has 2 aromatic heterocycles. The molecule has 0 saturated carbocycles. The van der Waals surface area contributed by atoms with Crippen LogP contribution < -0.4 is 0 Å². The number of β-amino-alcohol motifs (C(OH)–C–C–N with tert-alkyl or cyclic N) is 1. The summed E-state index contributed by atoms with van der Waals surface area (Å²) in [6.07, 6.45) is 2.61. The lowest BCUT2D eigenvalue weighted by Gasteiger charge is -2.20. The second kappa shape index (κ2) is 4.94. The molecule has 7 nitrogen and oxygen atoms in total. The van der Waals surface area contributed by atoms with Crippen molar-refractivity contribution in [3.05, 3.63) is 24.2 Å². The number of carbonyl (C=O) groups excluding carboxylic acids is 1. The van der Waals surface area contributed by atoms with E-state index in [1.807, 2.05) is 0 Å². The molecule has 3 rings (SSSR count). The fourth-order valence-corrected chi connectivity index (χ4v) is 2.09. The van der Waals surface area contributed by atoms with E-state index in [4.69, 9.17) is 4.74 Å². The van der Waals surface area contributed by atoms with Crippen molar-refractivity contribution in [2.75, 3.05) is 26.3 Å². The number of aliphatic hydroxyl groups is 1. The zero-order valence-electron chi connectivity index (χ0n) is 10.2. The van der Waals surface area contributed by atoms with Crippen molar-refractivity contribution in [2.24, 2.45) is 0 Å². The number of hydrogen-bond donors (Lipinski definition) is 2. The van der Waals surface area contributed by atoms with Crippen LogP contribution in [0.5, 0.6) is 0 Å². The van der Waals surface area contributed by atoms with Gasteiger partial charge < -0.3 is 14.7 Å². The fourth-order valence-electron chi connectivity index (χ4n) is 2.09. The van der Waals surface area contributed by atoms with Gasteiger partial charge in [0.1, 0.15) is 5.69 Å². The molecule has 3 heterocycles. The highest BCUT2D eigenvalue weighted by atomic mass is 16.5. The Balaban J connectivity index is 1.85. The first-order valence-electron chi connectivity index (χ1n) is 6.08. The number of aliphatic hydroxyl groups excluding tert-OH is 1. The van der Waals surface area contributed by atoms with E-state index in [-0.39, 0.29) is 19.1 Å². The van der Waals surface area contributed by atoms with Crippen molar-refractivity contribution in [1.82, 2.24) is 20.1 Å². The summed E-state index contributed by atoms with van der Waals surface area (Å²) < 4.78 is 5.20. The molecule has 2 aromatic rings. The zero-order chi connectivity index (χ0) is 13.2. The molecule has 1 saturated heterocycles. The Morgan fingerprint density at radius 3 is 3.32 bits per heavy atom. The summed E-state index contributed by atoms with van der Waals surface area (Å²) in [5.41, 5.74) is 1.11. The highest BCUT2D eigenvalue weighted by molar-refractivity contribution is 5.95. The van der Waals surface area contributed by atoms with Gasteiger partial charge in [0.15, 0.2) is 0 Å². The molecular weight excluding hydrogens is 248 g/mol. The van der Waals surface area contributed by atoms with Crippen molar-refractivity contribution in [3.63, 3.8) is 0 Å².